The Balaban J connectivity index is 1.27. The quantitative estimate of drug-likeness (QED) is 0.592. The molecule has 4 aliphatic carbocycles. The lowest BCUT2D eigenvalue weighted by atomic mass is 9.49. The number of para-hydroxylation sites is 1. The van der Waals surface area contributed by atoms with Crippen LogP contribution in [0.2, 0.25) is 0 Å². The van der Waals surface area contributed by atoms with Gasteiger partial charge in [0, 0.05) is 6.54 Å². The number of aromatic nitrogens is 2. The van der Waals surface area contributed by atoms with Crippen molar-refractivity contribution in [2.24, 2.45) is 23.2 Å². The fraction of sp³-hybridized carbons (Fsp3) is 0.440. The van der Waals surface area contributed by atoms with Crippen LogP contribution in [-0.2, 0) is 0 Å². The number of nitrogens with one attached hydrogen (secondary N) is 1. The van der Waals surface area contributed by atoms with Crippen molar-refractivity contribution in [3.63, 3.8) is 0 Å². The second-order valence-electron chi connectivity index (χ2n) is 9.74. The molecule has 0 spiro atoms. The van der Waals surface area contributed by atoms with E-state index in [-0.39, 0.29) is 5.91 Å². The van der Waals surface area contributed by atoms with Gasteiger partial charge in [-0.3, -0.25) is 4.79 Å². The van der Waals surface area contributed by atoms with Crippen molar-refractivity contribution >= 4 is 17.2 Å². The van der Waals surface area contributed by atoms with Crippen molar-refractivity contribution in [3.8, 4) is 16.3 Å². The molecule has 154 valence electrons. The number of amides is 1. The molecule has 0 radical (unpaired) electrons. The molecule has 1 N–H and O–H groups in total. The molecule has 2 heterocycles. The second-order valence-corrected chi connectivity index (χ2v) is 10.7. The number of benzene rings is 1. The molecule has 0 aliphatic heterocycles. The molecule has 3 aromatic rings. The SMILES string of the molecule is O=C(NCC12CC3CC(CC(C3)C1)C2)c1cc(-c2cccs2)nn1-c1ccccc1. The van der Waals surface area contributed by atoms with Gasteiger partial charge in [0.05, 0.1) is 10.6 Å². The summed E-state index contributed by atoms with van der Waals surface area (Å²) in [6, 6.07) is 16.0. The summed E-state index contributed by atoms with van der Waals surface area (Å²) in [4.78, 5) is 14.4. The standard InChI is InChI=1S/C25H27N3OS/c29-24(26-16-25-13-17-9-18(14-25)11-19(10-17)15-25)22-12-21(23-7-4-8-30-23)27-28(22)20-5-2-1-3-6-20/h1-8,12,17-19H,9-11,13-16H2,(H,26,29). The molecule has 4 bridgehead atoms. The molecule has 4 nitrogen and oxygen atoms in total. The Labute approximate surface area is 181 Å². The Morgan fingerprint density at radius 1 is 1.03 bits per heavy atom. The number of thiophene rings is 1. The lowest BCUT2D eigenvalue weighted by Gasteiger charge is -2.56. The van der Waals surface area contributed by atoms with Crippen LogP contribution in [0.1, 0.15) is 49.0 Å². The number of carbonyl (C=O) groups excluding carboxylic acids is 1. The first-order valence-corrected chi connectivity index (χ1v) is 12.0. The molecule has 1 aromatic carbocycles. The van der Waals surface area contributed by atoms with E-state index in [4.69, 9.17) is 5.10 Å². The molecule has 0 unspecified atom stereocenters. The van der Waals surface area contributed by atoms with Gasteiger partial charge in [0.15, 0.2) is 0 Å². The van der Waals surface area contributed by atoms with E-state index in [1.165, 1.54) is 38.5 Å². The molecule has 5 heteroatoms. The highest BCUT2D eigenvalue weighted by Gasteiger charge is 2.50. The van der Waals surface area contributed by atoms with Gasteiger partial charge in [0.2, 0.25) is 0 Å². The topological polar surface area (TPSA) is 46.9 Å². The van der Waals surface area contributed by atoms with Gasteiger partial charge >= 0.3 is 0 Å². The first-order chi connectivity index (χ1) is 14.7. The van der Waals surface area contributed by atoms with Crippen LogP contribution in [0.5, 0.6) is 0 Å². The fourth-order valence-electron chi connectivity index (χ4n) is 6.72. The molecule has 4 aliphatic rings. The fourth-order valence-corrected chi connectivity index (χ4v) is 7.40. The average Bonchev–Trinajstić information content (AvgIpc) is 3.42. The third kappa shape index (κ3) is 3.20. The maximum Gasteiger partial charge on any atom is 0.270 e. The van der Waals surface area contributed by atoms with Gasteiger partial charge in [0.25, 0.3) is 5.91 Å². The highest BCUT2D eigenvalue weighted by molar-refractivity contribution is 7.13. The first kappa shape index (κ1) is 18.4. The summed E-state index contributed by atoms with van der Waals surface area (Å²) < 4.78 is 1.80. The van der Waals surface area contributed by atoms with E-state index in [0.717, 1.165) is 40.6 Å². The van der Waals surface area contributed by atoms with Gasteiger partial charge in [-0.2, -0.15) is 5.10 Å². The summed E-state index contributed by atoms with van der Waals surface area (Å²) in [6.07, 6.45) is 8.20. The van der Waals surface area contributed by atoms with Crippen LogP contribution in [0.15, 0.2) is 53.9 Å². The Kier molecular flexibility index (Phi) is 4.34. The summed E-state index contributed by atoms with van der Waals surface area (Å²) in [5.41, 5.74) is 2.72. The van der Waals surface area contributed by atoms with E-state index < -0.39 is 0 Å². The minimum absolute atomic E-state index is 0.00935. The van der Waals surface area contributed by atoms with Gasteiger partial charge in [-0.15, -0.1) is 11.3 Å². The largest absolute Gasteiger partial charge is 0.350 e. The number of rotatable bonds is 5. The van der Waals surface area contributed by atoms with Crippen molar-refractivity contribution in [1.82, 2.24) is 15.1 Å². The zero-order valence-corrected chi connectivity index (χ0v) is 17.9. The number of nitrogens with zero attached hydrogens (tertiary/aromatic N) is 2. The normalized spacial score (nSPS) is 29.3. The van der Waals surface area contributed by atoms with Crippen LogP contribution in [-0.4, -0.2) is 22.2 Å². The summed E-state index contributed by atoms with van der Waals surface area (Å²) in [5, 5.41) is 10.2. The molecule has 2 aromatic heterocycles. The minimum atomic E-state index is -0.00935. The Bertz CT molecular complexity index is 1020. The van der Waals surface area contributed by atoms with E-state index in [0.29, 0.717) is 11.1 Å². The third-order valence-electron chi connectivity index (χ3n) is 7.51. The van der Waals surface area contributed by atoms with Crippen LogP contribution in [0.4, 0.5) is 0 Å². The van der Waals surface area contributed by atoms with Crippen molar-refractivity contribution in [3.05, 3.63) is 59.6 Å². The lowest BCUT2D eigenvalue weighted by molar-refractivity contribution is -0.0503. The smallest absolute Gasteiger partial charge is 0.270 e. The predicted octanol–water partition coefficient (Wildman–Crippen LogP) is 5.55. The van der Waals surface area contributed by atoms with Crippen LogP contribution in [0, 0.1) is 23.2 Å². The number of hydrogen-bond acceptors (Lipinski definition) is 3. The maximum absolute atomic E-state index is 13.3. The van der Waals surface area contributed by atoms with Gasteiger partial charge in [-0.1, -0.05) is 24.3 Å². The zero-order valence-electron chi connectivity index (χ0n) is 17.1. The van der Waals surface area contributed by atoms with Crippen LogP contribution < -0.4 is 5.32 Å². The first-order valence-electron chi connectivity index (χ1n) is 11.2. The summed E-state index contributed by atoms with van der Waals surface area (Å²) in [6.45, 7) is 0.809. The highest BCUT2D eigenvalue weighted by Crippen LogP contribution is 2.59. The molecule has 0 atom stereocenters. The van der Waals surface area contributed by atoms with Crippen molar-refractivity contribution in [2.75, 3.05) is 6.54 Å². The lowest BCUT2D eigenvalue weighted by Crippen LogP contribution is -2.51. The summed E-state index contributed by atoms with van der Waals surface area (Å²) >= 11 is 1.65. The number of carbonyl (C=O) groups is 1. The molecular weight excluding hydrogens is 390 g/mol. The Morgan fingerprint density at radius 3 is 2.37 bits per heavy atom. The minimum Gasteiger partial charge on any atom is -0.350 e. The highest BCUT2D eigenvalue weighted by atomic mass is 32.1. The van der Waals surface area contributed by atoms with E-state index in [2.05, 4.69) is 11.4 Å². The molecular formula is C25H27N3OS. The van der Waals surface area contributed by atoms with E-state index in [9.17, 15) is 4.79 Å². The molecule has 1 amide bonds. The van der Waals surface area contributed by atoms with Crippen molar-refractivity contribution in [1.29, 1.82) is 0 Å². The predicted molar refractivity (Wildman–Crippen MR) is 120 cm³/mol. The van der Waals surface area contributed by atoms with E-state index >= 15 is 0 Å². The molecule has 0 saturated heterocycles. The van der Waals surface area contributed by atoms with Crippen LogP contribution in [0.25, 0.3) is 16.3 Å². The van der Waals surface area contributed by atoms with Gasteiger partial charge < -0.3 is 5.32 Å². The average molecular weight is 418 g/mol. The zero-order chi connectivity index (χ0) is 20.1. The maximum atomic E-state index is 13.3. The van der Waals surface area contributed by atoms with Gasteiger partial charge in [-0.05, 0) is 91.3 Å². The monoisotopic (exact) mass is 417 g/mol. The molecule has 4 saturated carbocycles. The third-order valence-corrected chi connectivity index (χ3v) is 8.40. The van der Waals surface area contributed by atoms with Crippen molar-refractivity contribution in [2.45, 2.75) is 38.5 Å². The van der Waals surface area contributed by atoms with Crippen molar-refractivity contribution < 1.29 is 4.79 Å². The summed E-state index contributed by atoms with van der Waals surface area (Å²) in [7, 11) is 0. The van der Waals surface area contributed by atoms with Gasteiger partial charge in [0.1, 0.15) is 11.4 Å². The molecule has 7 rings (SSSR count). The van der Waals surface area contributed by atoms with E-state index in [1.807, 2.05) is 47.8 Å². The molecule has 30 heavy (non-hydrogen) atoms. The second kappa shape index (κ2) is 7.09. The Hall–Kier alpha value is -2.40. The number of hydrogen-bond donors (Lipinski definition) is 1. The Morgan fingerprint density at radius 2 is 1.73 bits per heavy atom. The summed E-state index contributed by atoms with van der Waals surface area (Å²) in [5.74, 6) is 2.68. The van der Waals surface area contributed by atoms with Crippen LogP contribution >= 0.6 is 11.3 Å². The molecule has 4 fully saturated rings. The van der Waals surface area contributed by atoms with Crippen LogP contribution in [0.3, 0.4) is 0 Å². The van der Waals surface area contributed by atoms with E-state index in [1.54, 1.807) is 16.0 Å². The van der Waals surface area contributed by atoms with Gasteiger partial charge in [-0.25, -0.2) is 4.68 Å².